The van der Waals surface area contributed by atoms with Crippen LogP contribution in [0.4, 0.5) is 0 Å². The van der Waals surface area contributed by atoms with Gasteiger partial charge in [0.05, 0.1) is 0 Å². The van der Waals surface area contributed by atoms with Crippen molar-refractivity contribution in [1.29, 1.82) is 0 Å². The van der Waals surface area contributed by atoms with E-state index in [1.807, 2.05) is 0 Å². The van der Waals surface area contributed by atoms with Gasteiger partial charge in [-0.15, -0.1) is 17.0 Å². The zero-order valence-corrected chi connectivity index (χ0v) is 18.8. The predicted octanol–water partition coefficient (Wildman–Crippen LogP) is 4.79. The van der Waals surface area contributed by atoms with E-state index in [2.05, 4.69) is 97.9 Å². The Hall–Kier alpha value is -1.96. The van der Waals surface area contributed by atoms with Crippen molar-refractivity contribution in [1.82, 2.24) is 0 Å². The summed E-state index contributed by atoms with van der Waals surface area (Å²) in [6.07, 6.45) is 1.93. The molecule has 0 saturated carbocycles. The van der Waals surface area contributed by atoms with Gasteiger partial charge >= 0.3 is 162 Å². The number of rotatable bonds is 8. The Balaban J connectivity index is 0.00000280. The van der Waals surface area contributed by atoms with E-state index < -0.39 is 13.2 Å². The molecule has 0 radical (unpaired) electrons. The van der Waals surface area contributed by atoms with Crippen LogP contribution in [0.3, 0.4) is 0 Å². The molecule has 3 rings (SSSR count). The number of benzene rings is 3. The molecule has 28 heavy (non-hydrogen) atoms. The van der Waals surface area contributed by atoms with Gasteiger partial charge in [-0.1, -0.05) is 0 Å². The number of aliphatic carboxylic acids is 1. The molecule has 3 aromatic carbocycles. The molecule has 0 aliphatic carbocycles. The van der Waals surface area contributed by atoms with Gasteiger partial charge in [-0.25, -0.2) is 0 Å². The van der Waals surface area contributed by atoms with Crippen molar-refractivity contribution in [2.75, 3.05) is 6.16 Å². The van der Waals surface area contributed by atoms with Crippen molar-refractivity contribution in [3.8, 4) is 0 Å². The Morgan fingerprint density at radius 2 is 1.14 bits per heavy atom. The molecule has 0 amide bonds. The Morgan fingerprint density at radius 3 is 1.46 bits per heavy atom. The maximum absolute atomic E-state index is 11.1. The van der Waals surface area contributed by atoms with Crippen LogP contribution in [0.25, 0.3) is 0 Å². The average molecular weight is 459 g/mol. The molecule has 3 aromatic rings. The fourth-order valence-electron chi connectivity index (χ4n) is 4.02. The van der Waals surface area contributed by atoms with Crippen molar-refractivity contribution in [3.63, 3.8) is 0 Å². The predicted molar refractivity (Wildman–Crippen MR) is 128 cm³/mol. The zero-order valence-electron chi connectivity index (χ0n) is 16.1. The minimum atomic E-state index is -2.25. The standard InChI is InChI=1S/C24H27O2P.BrH/c1-20(17-18-24(25)26)19-27(21-11-5-2-6-12-21,22-13-7-3-8-14-22)23-15-9-4-10-16-23;/h2-16,20,27H,17-19H2,1H3,(H,25,26);1H. The summed E-state index contributed by atoms with van der Waals surface area (Å²) >= 11 is 0. The van der Waals surface area contributed by atoms with Gasteiger partial charge < -0.3 is 0 Å². The van der Waals surface area contributed by atoms with Gasteiger partial charge in [0.15, 0.2) is 0 Å². The van der Waals surface area contributed by atoms with Crippen LogP contribution in [0.1, 0.15) is 19.8 Å². The first kappa shape index (κ1) is 22.3. The van der Waals surface area contributed by atoms with E-state index in [0.717, 1.165) is 6.16 Å². The fourth-order valence-corrected chi connectivity index (χ4v) is 9.26. The van der Waals surface area contributed by atoms with Crippen molar-refractivity contribution in [2.24, 2.45) is 5.92 Å². The fraction of sp³-hybridized carbons (Fsp3) is 0.208. The Bertz CT molecular complexity index is 757. The van der Waals surface area contributed by atoms with Crippen molar-refractivity contribution >= 4 is 46.1 Å². The third kappa shape index (κ3) is 5.10. The van der Waals surface area contributed by atoms with Gasteiger partial charge in [-0.2, -0.15) is 0 Å². The van der Waals surface area contributed by atoms with Crippen LogP contribution in [-0.4, -0.2) is 17.2 Å². The van der Waals surface area contributed by atoms with Crippen LogP contribution in [0.15, 0.2) is 91.0 Å². The van der Waals surface area contributed by atoms with Gasteiger partial charge in [0, 0.05) is 0 Å². The average Bonchev–Trinajstić information content (AvgIpc) is 2.72. The van der Waals surface area contributed by atoms with E-state index in [1.165, 1.54) is 15.9 Å². The van der Waals surface area contributed by atoms with Gasteiger partial charge in [0.2, 0.25) is 0 Å². The van der Waals surface area contributed by atoms with Crippen LogP contribution in [-0.2, 0) is 4.79 Å². The van der Waals surface area contributed by atoms with Crippen LogP contribution in [0, 0.1) is 5.92 Å². The van der Waals surface area contributed by atoms with E-state index in [1.54, 1.807) is 0 Å². The van der Waals surface area contributed by atoms with Gasteiger partial charge in [0.25, 0.3) is 0 Å². The molecule has 4 heteroatoms. The number of halogens is 1. The monoisotopic (exact) mass is 458 g/mol. The third-order valence-corrected chi connectivity index (χ3v) is 10.6. The number of carboxylic acid groups (broad SMARTS) is 1. The first-order valence-electron chi connectivity index (χ1n) is 9.51. The molecule has 0 saturated heterocycles. The molecule has 0 spiro atoms. The van der Waals surface area contributed by atoms with Crippen LogP contribution in [0.5, 0.6) is 0 Å². The van der Waals surface area contributed by atoms with E-state index in [9.17, 15) is 4.79 Å². The van der Waals surface area contributed by atoms with E-state index in [0.29, 0.717) is 12.3 Å². The zero-order chi connectivity index (χ0) is 19.1. The molecule has 0 heterocycles. The minimum absolute atomic E-state index is 0. The van der Waals surface area contributed by atoms with E-state index in [-0.39, 0.29) is 23.4 Å². The molecule has 2 nitrogen and oxygen atoms in total. The van der Waals surface area contributed by atoms with Crippen molar-refractivity contribution in [3.05, 3.63) is 91.0 Å². The summed E-state index contributed by atoms with van der Waals surface area (Å²) < 4.78 is 0. The second-order valence-corrected chi connectivity index (χ2v) is 11.2. The second kappa shape index (κ2) is 10.5. The second-order valence-electron chi connectivity index (χ2n) is 7.25. The number of carbonyl (C=O) groups is 1. The molecule has 0 aliphatic rings. The number of hydrogen-bond acceptors (Lipinski definition) is 1. The van der Waals surface area contributed by atoms with Crippen LogP contribution >= 0.6 is 24.2 Å². The van der Waals surface area contributed by atoms with Gasteiger partial charge in [-0.05, 0) is 0 Å². The van der Waals surface area contributed by atoms with E-state index in [4.69, 9.17) is 5.11 Å². The third-order valence-electron chi connectivity index (χ3n) is 5.31. The first-order chi connectivity index (χ1) is 13.1. The number of hydrogen-bond donors (Lipinski definition) is 1. The van der Waals surface area contributed by atoms with E-state index >= 15 is 0 Å². The summed E-state index contributed by atoms with van der Waals surface area (Å²) in [6.45, 7) is 2.19. The molecular formula is C24H28BrO2P. The SMILES string of the molecule is Br.CC(CCC(=O)O)C[PH](c1ccccc1)(c1ccccc1)c1ccccc1. The topological polar surface area (TPSA) is 37.3 Å². The summed E-state index contributed by atoms with van der Waals surface area (Å²) in [5.74, 6) is -0.387. The molecule has 1 atom stereocenters. The van der Waals surface area contributed by atoms with Crippen molar-refractivity contribution < 1.29 is 9.90 Å². The Morgan fingerprint density at radius 1 is 0.786 bits per heavy atom. The van der Waals surface area contributed by atoms with Gasteiger partial charge in [-0.3, -0.25) is 0 Å². The molecule has 0 bridgehead atoms. The normalized spacial score (nSPS) is 12.6. The Labute approximate surface area is 178 Å². The summed E-state index contributed by atoms with van der Waals surface area (Å²) in [6, 6.07) is 32.4. The summed E-state index contributed by atoms with van der Waals surface area (Å²) in [7, 11) is -2.25. The van der Waals surface area contributed by atoms with Gasteiger partial charge in [0.1, 0.15) is 0 Å². The molecule has 1 unspecified atom stereocenters. The molecular weight excluding hydrogens is 431 g/mol. The summed E-state index contributed by atoms with van der Waals surface area (Å²) in [5.41, 5.74) is 0. The first-order valence-corrected chi connectivity index (χ1v) is 11.7. The molecule has 1 N–H and O–H groups in total. The molecule has 0 aliphatic heterocycles. The van der Waals surface area contributed by atoms with Crippen LogP contribution < -0.4 is 15.9 Å². The number of carboxylic acids is 1. The Kier molecular flexibility index (Phi) is 8.41. The maximum atomic E-state index is 11.1. The van der Waals surface area contributed by atoms with Crippen molar-refractivity contribution in [2.45, 2.75) is 19.8 Å². The molecule has 148 valence electrons. The molecule has 0 fully saturated rings. The summed E-state index contributed by atoms with van der Waals surface area (Å²) in [4.78, 5) is 11.1. The van der Waals surface area contributed by atoms with Crippen LogP contribution in [0.2, 0.25) is 0 Å². The molecule has 0 aromatic heterocycles. The summed E-state index contributed by atoms with van der Waals surface area (Å²) in [5, 5.41) is 13.3. The quantitative estimate of drug-likeness (QED) is 0.492.